The fourth-order valence-electron chi connectivity index (χ4n) is 4.86. The molecule has 0 aromatic heterocycles. The Kier molecular flexibility index (Phi) is 7.03. The van der Waals surface area contributed by atoms with Gasteiger partial charge in [-0.2, -0.15) is 0 Å². The minimum atomic E-state index is -0.715. The first kappa shape index (κ1) is 26.4. The first-order valence-corrected chi connectivity index (χ1v) is 13.1. The number of benzene rings is 3. The number of aromatic hydroxyl groups is 1. The van der Waals surface area contributed by atoms with Crippen LogP contribution < -0.4 is 5.32 Å². The van der Waals surface area contributed by atoms with Crippen LogP contribution in [0.5, 0.6) is 5.75 Å². The average Bonchev–Trinajstić information content (AvgIpc) is 3.31. The average molecular weight is 532 g/mol. The van der Waals surface area contributed by atoms with Gasteiger partial charge < -0.3 is 24.5 Å². The van der Waals surface area contributed by atoms with Crippen molar-refractivity contribution in [2.45, 2.75) is 44.8 Å². The quantitative estimate of drug-likeness (QED) is 0.351. The minimum absolute atomic E-state index is 0.0302. The fraction of sp³-hybridized carbons (Fsp3) is 0.300. The summed E-state index contributed by atoms with van der Waals surface area (Å²) in [7, 11) is -0.715. The summed E-state index contributed by atoms with van der Waals surface area (Å²) in [5, 5.41) is 13.3. The van der Waals surface area contributed by atoms with Crippen LogP contribution in [-0.4, -0.2) is 42.7 Å². The van der Waals surface area contributed by atoms with Crippen molar-refractivity contribution >= 4 is 30.9 Å². The Hall–Kier alpha value is -3.26. The van der Waals surface area contributed by atoms with Gasteiger partial charge in [-0.3, -0.25) is 0 Å². The molecule has 1 saturated heterocycles. The Morgan fingerprint density at radius 1 is 1.00 bits per heavy atom. The smallest absolute Gasteiger partial charge is 0.492 e. The number of fused-ring (bicyclic) bond motifs is 3. The summed E-state index contributed by atoms with van der Waals surface area (Å²) >= 11 is 6.38. The molecule has 5 rings (SSSR count). The van der Waals surface area contributed by atoms with E-state index in [-0.39, 0.29) is 24.8 Å². The molecular weight excluding hydrogens is 501 g/mol. The zero-order valence-electron chi connectivity index (χ0n) is 22.0. The van der Waals surface area contributed by atoms with E-state index in [1.807, 2.05) is 52.0 Å². The molecule has 0 spiro atoms. The second-order valence-corrected chi connectivity index (χ2v) is 11.1. The molecule has 38 heavy (non-hydrogen) atoms. The number of amides is 1. The van der Waals surface area contributed by atoms with E-state index in [4.69, 9.17) is 25.6 Å². The number of carbonyl (C=O) groups excluding carboxylic acids is 1. The molecule has 1 fully saturated rings. The topological polar surface area (TPSA) is 77.0 Å². The SMILES string of the molecule is CC1(C)OB(C(=Cc2cc(O)ccc2Cl)CNC(=O)OCC2c3ccccc3-c3ccccc32)OC1(C)C. The summed E-state index contributed by atoms with van der Waals surface area (Å²) in [6.45, 7) is 8.18. The molecule has 196 valence electrons. The van der Waals surface area contributed by atoms with Gasteiger partial charge >= 0.3 is 13.2 Å². The van der Waals surface area contributed by atoms with E-state index in [1.54, 1.807) is 18.2 Å². The largest absolute Gasteiger partial charge is 0.508 e. The summed E-state index contributed by atoms with van der Waals surface area (Å²) in [4.78, 5) is 12.9. The first-order chi connectivity index (χ1) is 18.1. The number of ether oxygens (including phenoxy) is 1. The third kappa shape index (κ3) is 5.06. The number of carbonyl (C=O) groups is 1. The van der Waals surface area contributed by atoms with Crippen LogP contribution >= 0.6 is 11.6 Å². The Labute approximate surface area is 228 Å². The van der Waals surface area contributed by atoms with Crippen molar-refractivity contribution in [2.75, 3.05) is 13.2 Å². The summed E-state index contributed by atoms with van der Waals surface area (Å²) in [6.07, 6.45) is 1.23. The molecule has 0 bridgehead atoms. The molecule has 0 unspecified atom stereocenters. The van der Waals surface area contributed by atoms with Crippen LogP contribution in [-0.2, 0) is 14.0 Å². The van der Waals surface area contributed by atoms with Crippen molar-refractivity contribution in [3.63, 3.8) is 0 Å². The Bertz CT molecular complexity index is 1340. The minimum Gasteiger partial charge on any atom is -0.508 e. The predicted molar refractivity (Wildman–Crippen MR) is 150 cm³/mol. The highest BCUT2D eigenvalue weighted by molar-refractivity contribution is 6.56. The molecule has 3 aromatic carbocycles. The van der Waals surface area contributed by atoms with E-state index in [0.29, 0.717) is 16.1 Å². The Morgan fingerprint density at radius 2 is 1.58 bits per heavy atom. The highest BCUT2D eigenvalue weighted by Crippen LogP contribution is 2.44. The van der Waals surface area contributed by atoms with Gasteiger partial charge in [0.25, 0.3) is 0 Å². The molecule has 2 N–H and O–H groups in total. The number of halogens is 1. The van der Waals surface area contributed by atoms with Crippen LogP contribution in [0.4, 0.5) is 4.79 Å². The lowest BCUT2D eigenvalue weighted by Crippen LogP contribution is -2.41. The fourth-order valence-corrected chi connectivity index (χ4v) is 5.03. The summed E-state index contributed by atoms with van der Waals surface area (Å²) < 4.78 is 18.2. The molecule has 0 radical (unpaired) electrons. The lowest BCUT2D eigenvalue weighted by molar-refractivity contribution is 0.00578. The van der Waals surface area contributed by atoms with Gasteiger partial charge in [0.05, 0.1) is 11.2 Å². The number of rotatable bonds is 6. The van der Waals surface area contributed by atoms with Crippen molar-refractivity contribution in [1.82, 2.24) is 5.32 Å². The molecular formula is C30H31BClNO5. The van der Waals surface area contributed by atoms with Crippen LogP contribution in [0.3, 0.4) is 0 Å². The monoisotopic (exact) mass is 531 g/mol. The van der Waals surface area contributed by atoms with E-state index in [2.05, 4.69) is 29.6 Å². The summed E-state index contributed by atoms with van der Waals surface area (Å²) in [5.41, 5.74) is 4.75. The van der Waals surface area contributed by atoms with Gasteiger partial charge in [-0.1, -0.05) is 66.2 Å². The third-order valence-corrected chi connectivity index (χ3v) is 8.00. The molecule has 1 heterocycles. The van der Waals surface area contributed by atoms with Gasteiger partial charge in [0.1, 0.15) is 12.4 Å². The van der Waals surface area contributed by atoms with Crippen molar-refractivity contribution in [3.8, 4) is 16.9 Å². The molecule has 0 saturated carbocycles. The molecule has 1 aliphatic carbocycles. The number of nitrogens with one attached hydrogen (secondary N) is 1. The predicted octanol–water partition coefficient (Wildman–Crippen LogP) is 6.60. The first-order valence-electron chi connectivity index (χ1n) is 12.7. The molecule has 2 aliphatic rings. The molecule has 1 amide bonds. The Balaban J connectivity index is 1.31. The molecule has 8 heteroatoms. The zero-order chi connectivity index (χ0) is 27.1. The lowest BCUT2D eigenvalue weighted by atomic mass is 9.77. The Morgan fingerprint density at radius 3 is 2.18 bits per heavy atom. The molecule has 1 aliphatic heterocycles. The number of alkyl carbamates (subject to hydrolysis) is 1. The van der Waals surface area contributed by atoms with Gasteiger partial charge in [-0.25, -0.2) is 4.79 Å². The van der Waals surface area contributed by atoms with Gasteiger partial charge in [0.15, 0.2) is 0 Å². The number of phenols is 1. The highest BCUT2D eigenvalue weighted by Gasteiger charge is 2.52. The second-order valence-electron chi connectivity index (χ2n) is 10.7. The van der Waals surface area contributed by atoms with E-state index < -0.39 is 24.4 Å². The van der Waals surface area contributed by atoms with E-state index >= 15 is 0 Å². The molecule has 0 atom stereocenters. The molecule has 3 aromatic rings. The highest BCUT2D eigenvalue weighted by atomic mass is 35.5. The van der Waals surface area contributed by atoms with Crippen molar-refractivity contribution in [3.05, 3.63) is 93.9 Å². The van der Waals surface area contributed by atoms with Crippen molar-refractivity contribution < 1.29 is 23.9 Å². The zero-order valence-corrected chi connectivity index (χ0v) is 22.7. The van der Waals surface area contributed by atoms with E-state index in [9.17, 15) is 9.90 Å². The molecule has 6 nitrogen and oxygen atoms in total. The maximum atomic E-state index is 12.9. The van der Waals surface area contributed by atoms with Gasteiger partial charge in [-0.05, 0) is 79.2 Å². The van der Waals surface area contributed by atoms with Crippen LogP contribution in [0, 0.1) is 0 Å². The van der Waals surface area contributed by atoms with Gasteiger partial charge in [0.2, 0.25) is 0 Å². The van der Waals surface area contributed by atoms with Crippen LogP contribution in [0.1, 0.15) is 50.3 Å². The van der Waals surface area contributed by atoms with E-state index in [0.717, 1.165) is 11.1 Å². The van der Waals surface area contributed by atoms with Crippen LogP contribution in [0.2, 0.25) is 5.02 Å². The van der Waals surface area contributed by atoms with Crippen LogP contribution in [0.25, 0.3) is 17.2 Å². The van der Waals surface area contributed by atoms with Gasteiger partial charge in [0, 0.05) is 17.5 Å². The number of phenolic OH excluding ortho intramolecular Hbond substituents is 1. The van der Waals surface area contributed by atoms with E-state index in [1.165, 1.54) is 17.2 Å². The maximum absolute atomic E-state index is 12.9. The van der Waals surface area contributed by atoms with Crippen molar-refractivity contribution in [1.29, 1.82) is 0 Å². The van der Waals surface area contributed by atoms with Gasteiger partial charge in [-0.15, -0.1) is 0 Å². The standard InChI is InChI=1S/C30H31BClNO5/c1-29(2)30(3,4)38-31(37-29)20(15-19-16-21(34)13-14-27(19)32)17-33-28(35)36-18-26-24-11-7-5-9-22(24)23-10-6-8-12-25(23)26/h5-16,26,34H,17-18H2,1-4H3,(H,33,35). The lowest BCUT2D eigenvalue weighted by Gasteiger charge is -2.32. The number of hydrogen-bond donors (Lipinski definition) is 2. The normalized spacial score (nSPS) is 17.7. The third-order valence-electron chi connectivity index (χ3n) is 7.66. The van der Waals surface area contributed by atoms with Crippen LogP contribution in [0.15, 0.2) is 72.2 Å². The summed E-state index contributed by atoms with van der Waals surface area (Å²) in [5.74, 6) is 0.0516. The second kappa shape index (κ2) is 10.1. The summed E-state index contributed by atoms with van der Waals surface area (Å²) in [6, 6.07) is 21.1. The number of hydrogen-bond acceptors (Lipinski definition) is 5. The maximum Gasteiger partial charge on any atom is 0.492 e. The van der Waals surface area contributed by atoms with Crippen molar-refractivity contribution in [2.24, 2.45) is 0 Å².